The predicted octanol–water partition coefficient (Wildman–Crippen LogP) is 2.45. The van der Waals surface area contributed by atoms with E-state index in [1.165, 1.54) is 11.3 Å². The summed E-state index contributed by atoms with van der Waals surface area (Å²) >= 11 is 1.46. The highest BCUT2D eigenvalue weighted by Gasteiger charge is 2.10. The van der Waals surface area contributed by atoms with Crippen LogP contribution in [0.2, 0.25) is 0 Å². The molecule has 1 N–H and O–H groups in total. The first-order valence-electron chi connectivity index (χ1n) is 6.21. The van der Waals surface area contributed by atoms with Crippen LogP contribution in [-0.2, 0) is 4.79 Å². The average molecular weight is 287 g/mol. The molecule has 7 heteroatoms. The van der Waals surface area contributed by atoms with E-state index in [1.54, 1.807) is 10.8 Å². The van der Waals surface area contributed by atoms with Crippen LogP contribution in [0.25, 0.3) is 15.5 Å². The van der Waals surface area contributed by atoms with Crippen molar-refractivity contribution in [3.63, 3.8) is 0 Å². The lowest BCUT2D eigenvalue weighted by Gasteiger charge is -2.08. The second kappa shape index (κ2) is 5.01. The van der Waals surface area contributed by atoms with Gasteiger partial charge in [0.25, 0.3) is 0 Å². The second-order valence-corrected chi connectivity index (χ2v) is 5.65. The molecule has 20 heavy (non-hydrogen) atoms. The van der Waals surface area contributed by atoms with E-state index in [1.807, 2.05) is 38.1 Å². The summed E-state index contributed by atoms with van der Waals surface area (Å²) in [6, 6.07) is 7.63. The summed E-state index contributed by atoms with van der Waals surface area (Å²) in [5.41, 5.74) is 1.72. The maximum absolute atomic E-state index is 11.7. The highest BCUT2D eigenvalue weighted by Crippen LogP contribution is 2.26. The number of carbonyl (C=O) groups excluding carboxylic acids is 1. The third-order valence-electron chi connectivity index (χ3n) is 2.79. The monoisotopic (exact) mass is 287 g/mol. The van der Waals surface area contributed by atoms with Crippen molar-refractivity contribution in [1.29, 1.82) is 0 Å². The van der Waals surface area contributed by atoms with Gasteiger partial charge in [-0.05, 0) is 12.1 Å². The van der Waals surface area contributed by atoms with Gasteiger partial charge in [-0.25, -0.2) is 0 Å². The van der Waals surface area contributed by atoms with Gasteiger partial charge in [0.1, 0.15) is 11.3 Å². The lowest BCUT2D eigenvalue weighted by atomic mass is 10.1. The van der Waals surface area contributed by atoms with E-state index < -0.39 is 0 Å². The average Bonchev–Trinajstić information content (AvgIpc) is 2.99. The maximum atomic E-state index is 11.7. The van der Waals surface area contributed by atoms with Crippen LogP contribution in [0, 0.1) is 5.92 Å². The molecule has 6 nitrogen and oxygen atoms in total. The van der Waals surface area contributed by atoms with Crippen LogP contribution in [-0.4, -0.2) is 25.7 Å². The Labute approximate surface area is 119 Å². The first-order chi connectivity index (χ1) is 9.63. The van der Waals surface area contributed by atoms with Crippen LogP contribution in [0.1, 0.15) is 13.8 Å². The Hall–Kier alpha value is -2.28. The van der Waals surface area contributed by atoms with Crippen molar-refractivity contribution in [1.82, 2.24) is 19.8 Å². The van der Waals surface area contributed by atoms with E-state index in [2.05, 4.69) is 20.6 Å². The molecule has 0 bridgehead atoms. The van der Waals surface area contributed by atoms with E-state index in [-0.39, 0.29) is 11.8 Å². The molecule has 0 fully saturated rings. The molecule has 0 spiro atoms. The van der Waals surface area contributed by atoms with E-state index in [4.69, 9.17) is 0 Å². The van der Waals surface area contributed by atoms with Crippen molar-refractivity contribution in [3.8, 4) is 10.6 Å². The number of aromatic nitrogens is 4. The van der Waals surface area contributed by atoms with E-state index in [9.17, 15) is 4.79 Å². The molecule has 0 radical (unpaired) electrons. The maximum Gasteiger partial charge on any atom is 0.234 e. The Morgan fingerprint density at radius 3 is 3.00 bits per heavy atom. The van der Waals surface area contributed by atoms with Crippen LogP contribution >= 0.6 is 11.3 Å². The lowest BCUT2D eigenvalue weighted by Crippen LogP contribution is -2.17. The molecule has 0 saturated heterocycles. The van der Waals surface area contributed by atoms with Gasteiger partial charge in [-0.1, -0.05) is 37.3 Å². The first kappa shape index (κ1) is 12.7. The minimum absolute atomic E-state index is 0.000270. The number of anilines is 1. The van der Waals surface area contributed by atoms with Gasteiger partial charge in [0.15, 0.2) is 0 Å². The summed E-state index contributed by atoms with van der Waals surface area (Å²) in [6.07, 6.45) is 1.57. The fourth-order valence-corrected chi connectivity index (χ4v) is 2.51. The van der Waals surface area contributed by atoms with Crippen molar-refractivity contribution in [3.05, 3.63) is 30.6 Å². The fourth-order valence-electron chi connectivity index (χ4n) is 1.69. The molecule has 0 unspecified atom stereocenters. The van der Waals surface area contributed by atoms with Gasteiger partial charge in [0.2, 0.25) is 10.9 Å². The lowest BCUT2D eigenvalue weighted by molar-refractivity contribution is -0.118. The Morgan fingerprint density at radius 2 is 2.25 bits per heavy atom. The summed E-state index contributed by atoms with van der Waals surface area (Å²) < 4.78 is 1.64. The zero-order valence-corrected chi connectivity index (χ0v) is 11.9. The first-order valence-corrected chi connectivity index (χ1v) is 7.03. The number of rotatable bonds is 3. The fraction of sp³-hybridized carbons (Fsp3) is 0.231. The minimum atomic E-state index is -0.0483. The molecule has 0 atom stereocenters. The van der Waals surface area contributed by atoms with Gasteiger partial charge in [-0.2, -0.15) is 9.61 Å². The van der Waals surface area contributed by atoms with Crippen molar-refractivity contribution >= 4 is 27.9 Å². The largest absolute Gasteiger partial charge is 0.326 e. The van der Waals surface area contributed by atoms with Gasteiger partial charge < -0.3 is 5.32 Å². The molecule has 2 heterocycles. The number of amides is 1. The summed E-state index contributed by atoms with van der Waals surface area (Å²) in [5.74, 6) is -0.0480. The normalized spacial score (nSPS) is 11.2. The zero-order valence-electron chi connectivity index (χ0n) is 11.1. The van der Waals surface area contributed by atoms with Gasteiger partial charge in [-0.15, -0.1) is 10.2 Å². The Morgan fingerprint density at radius 1 is 1.40 bits per heavy atom. The van der Waals surface area contributed by atoms with Gasteiger partial charge >= 0.3 is 0 Å². The van der Waals surface area contributed by atoms with Crippen LogP contribution < -0.4 is 5.32 Å². The van der Waals surface area contributed by atoms with E-state index >= 15 is 0 Å². The molecule has 2 aromatic heterocycles. The summed E-state index contributed by atoms with van der Waals surface area (Å²) in [6.45, 7) is 3.73. The summed E-state index contributed by atoms with van der Waals surface area (Å²) in [7, 11) is 0. The Bertz CT molecular complexity index is 732. The predicted molar refractivity (Wildman–Crippen MR) is 77.6 cm³/mol. The molecular weight excluding hydrogens is 274 g/mol. The van der Waals surface area contributed by atoms with Crippen LogP contribution in [0.15, 0.2) is 30.6 Å². The van der Waals surface area contributed by atoms with Crippen LogP contribution in [0.3, 0.4) is 0 Å². The standard InChI is InChI=1S/C13H13N5OS/c1-8(2)11(19)15-10-5-3-4-9(6-10)12-17-18-7-14-16-13(18)20-12/h3-8H,1-2H3,(H,15,19). The number of carbonyl (C=O) groups is 1. The van der Waals surface area contributed by atoms with E-state index in [0.717, 1.165) is 21.2 Å². The highest BCUT2D eigenvalue weighted by molar-refractivity contribution is 7.19. The Balaban J connectivity index is 1.90. The number of hydrogen-bond acceptors (Lipinski definition) is 5. The molecular formula is C13H13N5OS. The number of hydrogen-bond donors (Lipinski definition) is 1. The van der Waals surface area contributed by atoms with Crippen molar-refractivity contribution in [2.24, 2.45) is 5.92 Å². The van der Waals surface area contributed by atoms with Gasteiger partial charge in [0, 0.05) is 17.2 Å². The quantitative estimate of drug-likeness (QED) is 0.803. The smallest absolute Gasteiger partial charge is 0.234 e. The molecule has 0 aliphatic heterocycles. The SMILES string of the molecule is CC(C)C(=O)Nc1cccc(-c2nn3cnnc3s2)c1. The molecule has 3 rings (SSSR count). The molecule has 0 aliphatic rings. The minimum Gasteiger partial charge on any atom is -0.326 e. The molecule has 102 valence electrons. The number of nitrogens with zero attached hydrogens (tertiary/aromatic N) is 4. The number of nitrogens with one attached hydrogen (secondary N) is 1. The topological polar surface area (TPSA) is 72.2 Å². The third kappa shape index (κ3) is 2.39. The van der Waals surface area contributed by atoms with Crippen molar-refractivity contribution in [2.45, 2.75) is 13.8 Å². The number of benzene rings is 1. The molecule has 0 aliphatic carbocycles. The van der Waals surface area contributed by atoms with E-state index in [0.29, 0.717) is 0 Å². The van der Waals surface area contributed by atoms with Gasteiger partial charge in [0.05, 0.1) is 0 Å². The van der Waals surface area contributed by atoms with Crippen molar-refractivity contribution < 1.29 is 4.79 Å². The summed E-state index contributed by atoms with van der Waals surface area (Å²) in [5, 5.41) is 15.9. The molecule has 1 amide bonds. The molecule has 1 aromatic carbocycles. The highest BCUT2D eigenvalue weighted by atomic mass is 32.1. The zero-order chi connectivity index (χ0) is 14.1. The van der Waals surface area contributed by atoms with Crippen molar-refractivity contribution in [2.75, 3.05) is 5.32 Å². The molecule has 3 aromatic rings. The second-order valence-electron chi connectivity index (χ2n) is 4.69. The number of fused-ring (bicyclic) bond motifs is 1. The Kier molecular flexibility index (Phi) is 3.19. The van der Waals surface area contributed by atoms with Crippen LogP contribution in [0.4, 0.5) is 5.69 Å². The van der Waals surface area contributed by atoms with Gasteiger partial charge in [-0.3, -0.25) is 4.79 Å². The third-order valence-corrected chi connectivity index (χ3v) is 3.75. The van der Waals surface area contributed by atoms with Crippen LogP contribution in [0.5, 0.6) is 0 Å². The molecule has 0 saturated carbocycles. The summed E-state index contributed by atoms with van der Waals surface area (Å²) in [4.78, 5) is 12.5.